The van der Waals surface area contributed by atoms with Gasteiger partial charge in [0.15, 0.2) is 0 Å². The summed E-state index contributed by atoms with van der Waals surface area (Å²) in [6, 6.07) is 9.83. The van der Waals surface area contributed by atoms with Crippen LogP contribution in [-0.4, -0.2) is 18.5 Å². The number of hydrogen-bond acceptors (Lipinski definition) is 3. The summed E-state index contributed by atoms with van der Waals surface area (Å²) < 4.78 is 5.13. The molecule has 1 aromatic carbocycles. The number of anilines is 1. The number of allylic oxidation sites excluding steroid dienone is 1. The van der Waals surface area contributed by atoms with Crippen molar-refractivity contribution in [2.75, 3.05) is 11.9 Å². The summed E-state index contributed by atoms with van der Waals surface area (Å²) in [6.07, 6.45) is 8.35. The van der Waals surface area contributed by atoms with Crippen LogP contribution in [0, 0.1) is 28.6 Å². The van der Waals surface area contributed by atoms with Gasteiger partial charge in [0.05, 0.1) is 12.0 Å². The number of amides is 1. The molecule has 32 heavy (non-hydrogen) atoms. The van der Waals surface area contributed by atoms with Gasteiger partial charge in [0.25, 0.3) is 0 Å². The fourth-order valence-electron chi connectivity index (χ4n) is 6.55. The van der Waals surface area contributed by atoms with E-state index in [9.17, 15) is 9.59 Å². The molecule has 0 spiro atoms. The second kappa shape index (κ2) is 10.2. The Kier molecular flexibility index (Phi) is 7.84. The molecule has 2 saturated carbocycles. The number of esters is 1. The lowest BCUT2D eigenvalue weighted by atomic mass is 9.46. The number of benzene rings is 1. The van der Waals surface area contributed by atoms with Crippen molar-refractivity contribution >= 4 is 17.6 Å². The first kappa shape index (κ1) is 24.5. The second-order valence-electron chi connectivity index (χ2n) is 10.7. The molecule has 4 heteroatoms. The van der Waals surface area contributed by atoms with Crippen molar-refractivity contribution in [3.05, 3.63) is 42.5 Å². The van der Waals surface area contributed by atoms with Crippen molar-refractivity contribution in [3.63, 3.8) is 0 Å². The standard InChI is InChI=1S/C28H41NO3/c1-20(16-19-32-22(3)30)12-14-24-21(2)13-15-25-27(24,4)17-9-18-28(25,5)26(31)29-23-10-7-6-8-11-23/h6-8,10-11,20,24-25H,2,9,12-19H2,1,3-5H3,(H,29,31)/t20-,24-,25+,27+,28-/m0/s1. The number of carbonyl (C=O) groups excluding carboxylic acids is 2. The van der Waals surface area contributed by atoms with Gasteiger partial charge >= 0.3 is 5.97 Å². The van der Waals surface area contributed by atoms with Gasteiger partial charge in [-0.1, -0.05) is 57.5 Å². The van der Waals surface area contributed by atoms with E-state index in [-0.39, 0.29) is 22.7 Å². The first-order valence-corrected chi connectivity index (χ1v) is 12.3. The number of hydrogen-bond donors (Lipinski definition) is 1. The predicted molar refractivity (Wildman–Crippen MR) is 130 cm³/mol. The van der Waals surface area contributed by atoms with Crippen LogP contribution in [0.1, 0.15) is 79.1 Å². The Morgan fingerprint density at radius 2 is 1.91 bits per heavy atom. The summed E-state index contributed by atoms with van der Waals surface area (Å²) >= 11 is 0. The largest absolute Gasteiger partial charge is 0.466 e. The minimum Gasteiger partial charge on any atom is -0.466 e. The van der Waals surface area contributed by atoms with Crippen LogP contribution in [0.5, 0.6) is 0 Å². The fraction of sp³-hybridized carbons (Fsp3) is 0.643. The molecule has 2 fully saturated rings. The van der Waals surface area contributed by atoms with Crippen molar-refractivity contribution in [2.24, 2.45) is 28.6 Å². The second-order valence-corrected chi connectivity index (χ2v) is 10.7. The normalized spacial score (nSPS) is 30.8. The minimum absolute atomic E-state index is 0.103. The molecule has 1 amide bonds. The quantitative estimate of drug-likeness (QED) is 0.359. The number of rotatable bonds is 8. The maximum Gasteiger partial charge on any atom is 0.302 e. The molecule has 4 nitrogen and oxygen atoms in total. The Hall–Kier alpha value is -2.10. The minimum atomic E-state index is -0.358. The Morgan fingerprint density at radius 3 is 2.59 bits per heavy atom. The molecular formula is C28H41NO3. The molecule has 1 aromatic rings. The summed E-state index contributed by atoms with van der Waals surface area (Å²) in [7, 11) is 0. The highest BCUT2D eigenvalue weighted by molar-refractivity contribution is 5.95. The van der Waals surface area contributed by atoms with Crippen LogP contribution in [-0.2, 0) is 14.3 Å². The molecule has 2 aliphatic rings. The number of ether oxygens (including phenoxy) is 1. The van der Waals surface area contributed by atoms with Crippen LogP contribution in [0.2, 0.25) is 0 Å². The summed E-state index contributed by atoms with van der Waals surface area (Å²) in [5.74, 6) is 1.27. The summed E-state index contributed by atoms with van der Waals surface area (Å²) in [5.41, 5.74) is 1.99. The highest BCUT2D eigenvalue weighted by atomic mass is 16.5. The van der Waals surface area contributed by atoms with Crippen LogP contribution < -0.4 is 5.32 Å². The van der Waals surface area contributed by atoms with E-state index in [4.69, 9.17) is 4.74 Å². The van der Waals surface area contributed by atoms with Gasteiger partial charge < -0.3 is 10.1 Å². The molecule has 0 aliphatic heterocycles. The molecule has 5 atom stereocenters. The van der Waals surface area contributed by atoms with Gasteiger partial charge in [-0.05, 0) is 80.2 Å². The topological polar surface area (TPSA) is 55.4 Å². The molecule has 3 rings (SSSR count). The van der Waals surface area contributed by atoms with Crippen molar-refractivity contribution in [1.82, 2.24) is 0 Å². The van der Waals surface area contributed by atoms with Crippen molar-refractivity contribution in [1.29, 1.82) is 0 Å². The lowest BCUT2D eigenvalue weighted by molar-refractivity contribution is -0.142. The molecule has 0 aromatic heterocycles. The molecule has 0 unspecified atom stereocenters. The molecule has 2 aliphatic carbocycles. The Morgan fingerprint density at radius 1 is 1.19 bits per heavy atom. The Labute approximate surface area is 194 Å². The Balaban J connectivity index is 1.71. The summed E-state index contributed by atoms with van der Waals surface area (Å²) in [6.45, 7) is 13.3. The van der Waals surface area contributed by atoms with Gasteiger partial charge in [-0.2, -0.15) is 0 Å². The first-order valence-electron chi connectivity index (χ1n) is 12.3. The summed E-state index contributed by atoms with van der Waals surface area (Å²) in [5, 5.41) is 3.21. The smallest absolute Gasteiger partial charge is 0.302 e. The van der Waals surface area contributed by atoms with E-state index >= 15 is 0 Å². The van der Waals surface area contributed by atoms with Crippen LogP contribution in [0.15, 0.2) is 42.5 Å². The van der Waals surface area contributed by atoms with E-state index in [1.807, 2.05) is 30.3 Å². The van der Waals surface area contributed by atoms with E-state index < -0.39 is 0 Å². The predicted octanol–water partition coefficient (Wildman–Crippen LogP) is 6.77. The third-order valence-corrected chi connectivity index (χ3v) is 8.43. The van der Waals surface area contributed by atoms with E-state index in [1.165, 1.54) is 12.5 Å². The molecule has 0 radical (unpaired) electrons. The maximum atomic E-state index is 13.5. The van der Waals surface area contributed by atoms with Crippen LogP contribution in [0.25, 0.3) is 0 Å². The Bertz CT molecular complexity index is 819. The zero-order valence-electron chi connectivity index (χ0n) is 20.4. The number of nitrogens with one attached hydrogen (secondary N) is 1. The SMILES string of the molecule is C=C1CC[C@@H]2[C@](C)(CCC[C@]2(C)C(=O)Nc2ccccc2)[C@H]1CC[C@H](C)CCOC(C)=O. The van der Waals surface area contributed by atoms with E-state index in [1.54, 1.807) is 0 Å². The lowest BCUT2D eigenvalue weighted by Gasteiger charge is -2.58. The fourth-order valence-corrected chi connectivity index (χ4v) is 6.55. The van der Waals surface area contributed by atoms with Crippen molar-refractivity contribution in [3.8, 4) is 0 Å². The van der Waals surface area contributed by atoms with Crippen LogP contribution >= 0.6 is 0 Å². The average Bonchev–Trinajstić information content (AvgIpc) is 2.73. The van der Waals surface area contributed by atoms with Crippen LogP contribution in [0.4, 0.5) is 5.69 Å². The number of fused-ring (bicyclic) bond motifs is 1. The molecule has 0 heterocycles. The molecular weight excluding hydrogens is 398 g/mol. The van der Waals surface area contributed by atoms with E-state index in [0.29, 0.717) is 24.4 Å². The van der Waals surface area contributed by atoms with E-state index in [0.717, 1.165) is 57.1 Å². The van der Waals surface area contributed by atoms with Crippen molar-refractivity contribution < 1.29 is 14.3 Å². The molecule has 176 valence electrons. The van der Waals surface area contributed by atoms with Crippen molar-refractivity contribution in [2.45, 2.75) is 79.1 Å². The third-order valence-electron chi connectivity index (χ3n) is 8.43. The van der Waals surface area contributed by atoms with Gasteiger partial charge in [-0.15, -0.1) is 0 Å². The van der Waals surface area contributed by atoms with Gasteiger partial charge in [-0.3, -0.25) is 9.59 Å². The van der Waals surface area contributed by atoms with Gasteiger partial charge in [0.1, 0.15) is 0 Å². The van der Waals surface area contributed by atoms with Crippen LogP contribution in [0.3, 0.4) is 0 Å². The monoisotopic (exact) mass is 439 g/mol. The lowest BCUT2D eigenvalue weighted by Crippen LogP contribution is -2.54. The average molecular weight is 440 g/mol. The molecule has 0 saturated heterocycles. The zero-order chi connectivity index (χ0) is 23.4. The number of carbonyl (C=O) groups is 2. The van der Waals surface area contributed by atoms with Gasteiger partial charge in [0, 0.05) is 12.6 Å². The van der Waals surface area contributed by atoms with Gasteiger partial charge in [0.2, 0.25) is 5.91 Å². The molecule has 1 N–H and O–H groups in total. The van der Waals surface area contributed by atoms with E-state index in [2.05, 4.69) is 32.7 Å². The number of para-hydroxylation sites is 1. The highest BCUT2D eigenvalue weighted by Crippen LogP contribution is 2.62. The first-order chi connectivity index (χ1) is 15.2. The van der Waals surface area contributed by atoms with Gasteiger partial charge in [-0.25, -0.2) is 0 Å². The third kappa shape index (κ3) is 5.27. The summed E-state index contributed by atoms with van der Waals surface area (Å²) in [4.78, 5) is 24.6. The maximum absolute atomic E-state index is 13.5. The molecule has 0 bridgehead atoms. The highest BCUT2D eigenvalue weighted by Gasteiger charge is 2.57. The zero-order valence-corrected chi connectivity index (χ0v) is 20.4.